The molecule has 2 rings (SSSR count). The lowest BCUT2D eigenvalue weighted by Gasteiger charge is -2.06. The zero-order chi connectivity index (χ0) is 10.7. The van der Waals surface area contributed by atoms with Gasteiger partial charge in [-0.15, -0.1) is 11.6 Å². The van der Waals surface area contributed by atoms with E-state index in [1.54, 1.807) is 12.5 Å². The van der Waals surface area contributed by atoms with Gasteiger partial charge >= 0.3 is 0 Å². The quantitative estimate of drug-likeness (QED) is 0.798. The molecule has 0 saturated heterocycles. The molecule has 2 aromatic heterocycles. The highest BCUT2D eigenvalue weighted by Crippen LogP contribution is 2.31. The van der Waals surface area contributed by atoms with Gasteiger partial charge < -0.3 is 4.42 Å². The van der Waals surface area contributed by atoms with E-state index in [1.165, 1.54) is 0 Å². The van der Waals surface area contributed by atoms with E-state index in [0.29, 0.717) is 11.1 Å². The van der Waals surface area contributed by atoms with Crippen LogP contribution in [0, 0.1) is 0 Å². The maximum atomic E-state index is 6.26. The van der Waals surface area contributed by atoms with E-state index in [9.17, 15) is 0 Å². The highest BCUT2D eigenvalue weighted by atomic mass is 79.9. The number of alkyl halides is 1. The lowest BCUT2D eigenvalue weighted by molar-refractivity contribution is 0.536. The SMILES string of the molecule is ClC(Cc1ccccn1)c1ccoc1Br. The molecule has 0 N–H and O–H groups in total. The lowest BCUT2D eigenvalue weighted by atomic mass is 10.1. The van der Waals surface area contributed by atoms with Gasteiger partial charge in [0.25, 0.3) is 0 Å². The monoisotopic (exact) mass is 285 g/mol. The molecule has 0 aliphatic carbocycles. The molecule has 0 aliphatic rings. The molecule has 1 atom stereocenters. The zero-order valence-corrected chi connectivity index (χ0v) is 10.2. The molecular weight excluding hydrogens is 277 g/mol. The number of pyridine rings is 1. The molecule has 1 unspecified atom stereocenters. The fourth-order valence-electron chi connectivity index (χ4n) is 1.34. The van der Waals surface area contributed by atoms with Gasteiger partial charge in [-0.3, -0.25) is 4.98 Å². The molecule has 15 heavy (non-hydrogen) atoms. The van der Waals surface area contributed by atoms with Gasteiger partial charge in [0.15, 0.2) is 4.67 Å². The number of furan rings is 1. The molecule has 0 bridgehead atoms. The molecule has 0 aromatic carbocycles. The van der Waals surface area contributed by atoms with Gasteiger partial charge in [0, 0.05) is 23.9 Å². The minimum Gasteiger partial charge on any atom is -0.457 e. The molecule has 2 nitrogen and oxygen atoms in total. The number of aromatic nitrogens is 1. The first kappa shape index (κ1) is 10.7. The third-order valence-electron chi connectivity index (χ3n) is 2.10. The van der Waals surface area contributed by atoms with Crippen molar-refractivity contribution >= 4 is 27.5 Å². The first-order valence-electron chi connectivity index (χ1n) is 4.54. The average Bonchev–Trinajstić information content (AvgIpc) is 2.66. The predicted octanol–water partition coefficient (Wildman–Crippen LogP) is 3.96. The van der Waals surface area contributed by atoms with Crippen LogP contribution >= 0.6 is 27.5 Å². The summed E-state index contributed by atoms with van der Waals surface area (Å²) in [6.45, 7) is 0. The highest BCUT2D eigenvalue weighted by Gasteiger charge is 2.14. The third-order valence-corrected chi connectivity index (χ3v) is 3.13. The normalized spacial score (nSPS) is 12.7. The van der Waals surface area contributed by atoms with Crippen molar-refractivity contribution in [2.45, 2.75) is 11.8 Å². The Kier molecular flexibility index (Phi) is 3.44. The van der Waals surface area contributed by atoms with E-state index in [4.69, 9.17) is 16.0 Å². The molecule has 0 radical (unpaired) electrons. The second kappa shape index (κ2) is 4.81. The van der Waals surface area contributed by atoms with Crippen LogP contribution < -0.4 is 0 Å². The largest absolute Gasteiger partial charge is 0.457 e. The van der Waals surface area contributed by atoms with Crippen molar-refractivity contribution in [2.75, 3.05) is 0 Å². The lowest BCUT2D eigenvalue weighted by Crippen LogP contribution is -1.97. The highest BCUT2D eigenvalue weighted by molar-refractivity contribution is 9.10. The van der Waals surface area contributed by atoms with Crippen LogP contribution in [-0.2, 0) is 6.42 Å². The summed E-state index contributed by atoms with van der Waals surface area (Å²) in [6.07, 6.45) is 4.08. The Morgan fingerprint density at radius 2 is 2.27 bits per heavy atom. The first-order chi connectivity index (χ1) is 7.27. The topological polar surface area (TPSA) is 26.0 Å². The van der Waals surface area contributed by atoms with Gasteiger partial charge in [-0.25, -0.2) is 0 Å². The fourth-order valence-corrected chi connectivity index (χ4v) is 2.32. The molecule has 2 heterocycles. The predicted molar refractivity (Wildman–Crippen MR) is 62.9 cm³/mol. The van der Waals surface area contributed by atoms with Crippen LogP contribution in [0.15, 0.2) is 45.8 Å². The van der Waals surface area contributed by atoms with Gasteiger partial charge in [0.05, 0.1) is 11.6 Å². The van der Waals surface area contributed by atoms with Crippen molar-refractivity contribution in [3.63, 3.8) is 0 Å². The Morgan fingerprint density at radius 1 is 1.40 bits per heavy atom. The molecular formula is C11H9BrClNO. The van der Waals surface area contributed by atoms with Crippen LogP contribution in [0.2, 0.25) is 0 Å². The van der Waals surface area contributed by atoms with Crippen molar-refractivity contribution < 1.29 is 4.42 Å². The fraction of sp³-hybridized carbons (Fsp3) is 0.182. The maximum absolute atomic E-state index is 6.26. The average molecular weight is 287 g/mol. The van der Waals surface area contributed by atoms with E-state index in [2.05, 4.69) is 20.9 Å². The van der Waals surface area contributed by atoms with Crippen molar-refractivity contribution in [1.82, 2.24) is 4.98 Å². The summed E-state index contributed by atoms with van der Waals surface area (Å²) >= 11 is 9.57. The number of hydrogen-bond acceptors (Lipinski definition) is 2. The molecule has 4 heteroatoms. The summed E-state index contributed by atoms with van der Waals surface area (Å²) in [5, 5.41) is -0.118. The Hall–Kier alpha value is -0.800. The van der Waals surface area contributed by atoms with Crippen molar-refractivity contribution in [3.8, 4) is 0 Å². The zero-order valence-electron chi connectivity index (χ0n) is 7.86. The Labute approximate surface area is 101 Å². The summed E-state index contributed by atoms with van der Waals surface area (Å²) in [4.78, 5) is 4.23. The summed E-state index contributed by atoms with van der Waals surface area (Å²) in [7, 11) is 0. The molecule has 78 valence electrons. The Bertz CT molecular complexity index is 429. The minimum atomic E-state index is -0.118. The number of nitrogens with zero attached hydrogens (tertiary/aromatic N) is 1. The summed E-state index contributed by atoms with van der Waals surface area (Å²) in [6, 6.07) is 7.67. The summed E-state index contributed by atoms with van der Waals surface area (Å²) < 4.78 is 5.83. The van der Waals surface area contributed by atoms with Crippen LogP contribution in [0.25, 0.3) is 0 Å². The van der Waals surface area contributed by atoms with E-state index in [1.807, 2.05) is 24.3 Å². The molecule has 0 aliphatic heterocycles. The van der Waals surface area contributed by atoms with Crippen molar-refractivity contribution in [1.29, 1.82) is 0 Å². The minimum absolute atomic E-state index is 0.118. The van der Waals surface area contributed by atoms with Gasteiger partial charge in [-0.1, -0.05) is 6.07 Å². The van der Waals surface area contributed by atoms with Gasteiger partial charge in [0.1, 0.15) is 0 Å². The number of halogens is 2. The van der Waals surface area contributed by atoms with Crippen LogP contribution in [0.5, 0.6) is 0 Å². The van der Waals surface area contributed by atoms with E-state index in [0.717, 1.165) is 11.3 Å². The van der Waals surface area contributed by atoms with Crippen LogP contribution in [0.4, 0.5) is 0 Å². The van der Waals surface area contributed by atoms with E-state index >= 15 is 0 Å². The van der Waals surface area contributed by atoms with Crippen LogP contribution in [-0.4, -0.2) is 4.98 Å². The molecule has 0 saturated carbocycles. The van der Waals surface area contributed by atoms with Gasteiger partial charge in [-0.2, -0.15) is 0 Å². The van der Waals surface area contributed by atoms with E-state index in [-0.39, 0.29) is 5.38 Å². The molecule has 0 amide bonds. The molecule has 0 spiro atoms. The third kappa shape index (κ3) is 2.61. The van der Waals surface area contributed by atoms with Crippen molar-refractivity contribution in [3.05, 3.63) is 52.7 Å². The van der Waals surface area contributed by atoms with Gasteiger partial charge in [0.2, 0.25) is 0 Å². The first-order valence-corrected chi connectivity index (χ1v) is 5.77. The summed E-state index contributed by atoms with van der Waals surface area (Å²) in [5.74, 6) is 0. The van der Waals surface area contributed by atoms with Crippen LogP contribution in [0.1, 0.15) is 16.6 Å². The summed E-state index contributed by atoms with van der Waals surface area (Å²) in [5.41, 5.74) is 1.94. The smallest absolute Gasteiger partial charge is 0.173 e. The maximum Gasteiger partial charge on any atom is 0.173 e. The molecule has 2 aromatic rings. The second-order valence-corrected chi connectivity index (χ2v) is 4.39. The van der Waals surface area contributed by atoms with Crippen molar-refractivity contribution in [2.24, 2.45) is 0 Å². The van der Waals surface area contributed by atoms with E-state index < -0.39 is 0 Å². The second-order valence-electron chi connectivity index (χ2n) is 3.14. The Balaban J connectivity index is 2.11. The van der Waals surface area contributed by atoms with Gasteiger partial charge in [-0.05, 0) is 34.1 Å². The number of hydrogen-bond donors (Lipinski definition) is 0. The standard InChI is InChI=1S/C11H9BrClNO/c12-11-9(4-6-15-11)10(13)7-8-3-1-2-5-14-8/h1-6,10H,7H2. The molecule has 0 fully saturated rings. The van der Waals surface area contributed by atoms with Crippen LogP contribution in [0.3, 0.4) is 0 Å². The number of rotatable bonds is 3. The Morgan fingerprint density at radius 3 is 2.87 bits per heavy atom.